The molecule has 0 unspecified atom stereocenters. The first-order valence-corrected chi connectivity index (χ1v) is 12.8. The first kappa shape index (κ1) is 26.7. The number of fused-ring (bicyclic) bond motifs is 1. The molecule has 202 valence electrons. The van der Waals surface area contributed by atoms with E-state index < -0.39 is 46.1 Å². The predicted octanol–water partition coefficient (Wildman–Crippen LogP) is 3.56. The van der Waals surface area contributed by atoms with Gasteiger partial charge in [-0.1, -0.05) is 12.1 Å². The molecule has 1 aliphatic rings. The Kier molecular flexibility index (Phi) is 6.44. The highest BCUT2D eigenvalue weighted by atomic mass is 127. The summed E-state index contributed by atoms with van der Waals surface area (Å²) in [5.74, 6) is -6.56. The molecule has 4 aromatic rings. The van der Waals surface area contributed by atoms with E-state index >= 15 is 0 Å². The van der Waals surface area contributed by atoms with Gasteiger partial charge in [0.2, 0.25) is 0 Å². The van der Waals surface area contributed by atoms with Gasteiger partial charge in [0.15, 0.2) is 0 Å². The number of nitrogens with one attached hydrogen (secondary N) is 1. The van der Waals surface area contributed by atoms with E-state index in [4.69, 9.17) is 5.73 Å². The van der Waals surface area contributed by atoms with Crippen molar-refractivity contribution in [2.24, 2.45) is 12.8 Å². The third kappa shape index (κ3) is 4.33. The molecule has 3 N–H and O–H groups in total. The summed E-state index contributed by atoms with van der Waals surface area (Å²) in [6.07, 6.45) is 1.08. The van der Waals surface area contributed by atoms with Crippen LogP contribution in [0.25, 0.3) is 16.7 Å². The second kappa shape index (κ2) is 9.39. The van der Waals surface area contributed by atoms with Crippen LogP contribution in [0, 0.1) is 16.3 Å². The average Bonchev–Trinajstić information content (AvgIpc) is 3.71. The van der Waals surface area contributed by atoms with Gasteiger partial charge in [-0.3, -0.25) is 23.5 Å². The van der Waals surface area contributed by atoms with E-state index in [9.17, 15) is 32.3 Å². The smallest absolute Gasteiger partial charge is 0.349 e. The number of hydrogen-bond donors (Lipinski definition) is 2. The van der Waals surface area contributed by atoms with Crippen LogP contribution in [0.1, 0.15) is 30.0 Å². The maximum atomic E-state index is 14.8. The molecule has 1 saturated carbocycles. The van der Waals surface area contributed by atoms with Gasteiger partial charge in [-0.2, -0.15) is 8.78 Å². The molecule has 39 heavy (non-hydrogen) atoms. The van der Waals surface area contributed by atoms with Crippen molar-refractivity contribution in [1.29, 1.82) is 0 Å². The normalized spacial score (nSPS) is 13.6. The standard InChI is InChI=1S/C26H21F3IN5O4/c1-12-20(32-18-9-6-14(30)11-17(18)27)19-21(33(2)22(12)36)34(25(39)35(23(19)37)15-7-8-15)16-5-3-4-13(10-16)26(28,29)24(31)38/h3-6,9-11,15,32H,7-8H2,1-2H3,(H2,31,38). The van der Waals surface area contributed by atoms with E-state index in [1.165, 1.54) is 38.2 Å². The molecule has 0 saturated heterocycles. The lowest BCUT2D eigenvalue weighted by Gasteiger charge is -2.21. The van der Waals surface area contributed by atoms with E-state index in [1.807, 2.05) is 22.6 Å². The number of anilines is 2. The number of benzene rings is 2. The molecule has 2 aromatic heterocycles. The Labute approximate surface area is 231 Å². The minimum atomic E-state index is -4.04. The molecule has 1 amide bonds. The summed E-state index contributed by atoms with van der Waals surface area (Å²) >= 11 is 1.94. The van der Waals surface area contributed by atoms with Crippen molar-refractivity contribution in [2.45, 2.75) is 31.7 Å². The van der Waals surface area contributed by atoms with Gasteiger partial charge in [-0.15, -0.1) is 0 Å². The number of hydrogen-bond acceptors (Lipinski definition) is 5. The number of rotatable bonds is 6. The van der Waals surface area contributed by atoms with Crippen LogP contribution in [0.5, 0.6) is 0 Å². The van der Waals surface area contributed by atoms with Crippen molar-refractivity contribution in [1.82, 2.24) is 13.7 Å². The zero-order valence-electron chi connectivity index (χ0n) is 20.6. The maximum absolute atomic E-state index is 14.8. The molecule has 2 heterocycles. The van der Waals surface area contributed by atoms with Gasteiger partial charge in [-0.05, 0) is 72.7 Å². The molecule has 13 heteroatoms. The van der Waals surface area contributed by atoms with Gasteiger partial charge in [0, 0.05) is 27.8 Å². The fourth-order valence-corrected chi connectivity index (χ4v) is 5.00. The molecule has 0 spiro atoms. The van der Waals surface area contributed by atoms with Crippen LogP contribution >= 0.6 is 22.6 Å². The van der Waals surface area contributed by atoms with Gasteiger partial charge in [0.05, 0.1) is 17.1 Å². The minimum Gasteiger partial charge on any atom is -0.364 e. The van der Waals surface area contributed by atoms with E-state index in [1.54, 1.807) is 6.07 Å². The number of alkyl halides is 2. The maximum Gasteiger partial charge on any atom is 0.349 e. The number of amides is 1. The summed E-state index contributed by atoms with van der Waals surface area (Å²) in [5.41, 5.74) is 1.71. The molecule has 9 nitrogen and oxygen atoms in total. The van der Waals surface area contributed by atoms with Gasteiger partial charge in [0.1, 0.15) is 16.9 Å². The van der Waals surface area contributed by atoms with Gasteiger partial charge in [0.25, 0.3) is 17.0 Å². The number of nitrogens with zero attached hydrogens (tertiary/aromatic N) is 3. The van der Waals surface area contributed by atoms with Crippen LogP contribution in [0.2, 0.25) is 0 Å². The Hall–Kier alpha value is -3.88. The summed E-state index contributed by atoms with van der Waals surface area (Å²) in [6.45, 7) is 1.46. The van der Waals surface area contributed by atoms with Crippen molar-refractivity contribution < 1.29 is 18.0 Å². The van der Waals surface area contributed by atoms with Crippen LogP contribution in [0.4, 0.5) is 24.5 Å². The monoisotopic (exact) mass is 651 g/mol. The average molecular weight is 651 g/mol. The first-order valence-electron chi connectivity index (χ1n) is 11.8. The second-order valence-corrected chi connectivity index (χ2v) is 10.6. The van der Waals surface area contributed by atoms with Crippen molar-refractivity contribution >= 4 is 50.9 Å². The van der Waals surface area contributed by atoms with Crippen LogP contribution < -0.4 is 27.9 Å². The molecule has 1 aliphatic carbocycles. The Balaban J connectivity index is 1.92. The van der Waals surface area contributed by atoms with E-state index in [0.717, 1.165) is 25.8 Å². The number of pyridine rings is 1. The lowest BCUT2D eigenvalue weighted by atomic mass is 10.1. The third-order valence-electron chi connectivity index (χ3n) is 6.71. The summed E-state index contributed by atoms with van der Waals surface area (Å²) in [6, 6.07) is 8.34. The van der Waals surface area contributed by atoms with E-state index in [0.29, 0.717) is 16.4 Å². The van der Waals surface area contributed by atoms with Gasteiger partial charge in [-0.25, -0.2) is 13.8 Å². The molecule has 0 radical (unpaired) electrons. The largest absolute Gasteiger partial charge is 0.364 e. The highest BCUT2D eigenvalue weighted by molar-refractivity contribution is 14.1. The molecular weight excluding hydrogens is 630 g/mol. The van der Waals surface area contributed by atoms with Gasteiger partial charge >= 0.3 is 11.6 Å². The van der Waals surface area contributed by atoms with E-state index in [-0.39, 0.29) is 33.7 Å². The zero-order chi connectivity index (χ0) is 28.4. The van der Waals surface area contributed by atoms with Crippen LogP contribution in [-0.2, 0) is 17.8 Å². The van der Waals surface area contributed by atoms with Crippen molar-refractivity contribution in [3.05, 3.63) is 94.2 Å². The third-order valence-corrected chi connectivity index (χ3v) is 7.38. The molecule has 0 aliphatic heterocycles. The number of primary amides is 1. The highest BCUT2D eigenvalue weighted by Gasteiger charge is 2.39. The van der Waals surface area contributed by atoms with Crippen molar-refractivity contribution in [3.63, 3.8) is 0 Å². The molecule has 1 fully saturated rings. The van der Waals surface area contributed by atoms with Crippen LogP contribution in [0.15, 0.2) is 56.8 Å². The van der Waals surface area contributed by atoms with Crippen LogP contribution in [-0.4, -0.2) is 19.6 Å². The lowest BCUT2D eigenvalue weighted by molar-refractivity contribution is -0.143. The number of carbonyl (C=O) groups excluding carboxylic acids is 1. The molecule has 5 rings (SSSR count). The Morgan fingerprint density at radius 3 is 2.41 bits per heavy atom. The lowest BCUT2D eigenvalue weighted by Crippen LogP contribution is -2.42. The van der Waals surface area contributed by atoms with E-state index in [2.05, 4.69) is 5.32 Å². The fraction of sp³-hybridized carbons (Fsp3) is 0.231. The molecule has 0 bridgehead atoms. The minimum absolute atomic E-state index is 0.00807. The number of aryl methyl sites for hydroxylation is 1. The topological polar surface area (TPSA) is 121 Å². The van der Waals surface area contributed by atoms with Gasteiger partial charge < -0.3 is 11.1 Å². The summed E-state index contributed by atoms with van der Waals surface area (Å²) < 4.78 is 47.5. The highest BCUT2D eigenvalue weighted by Crippen LogP contribution is 2.35. The number of carbonyl (C=O) groups is 1. The number of aromatic nitrogens is 3. The Bertz CT molecular complexity index is 1880. The Morgan fingerprint density at radius 1 is 1.10 bits per heavy atom. The predicted molar refractivity (Wildman–Crippen MR) is 148 cm³/mol. The quantitative estimate of drug-likeness (QED) is 0.309. The SMILES string of the molecule is Cc1c(Nc2ccc(I)cc2F)c2c(=O)n(C3CC3)c(=O)n(-c3cccc(C(F)(F)C(N)=O)c3)c2n(C)c1=O. The first-order chi connectivity index (χ1) is 18.3. The number of nitrogens with two attached hydrogens (primary N) is 1. The summed E-state index contributed by atoms with van der Waals surface area (Å²) in [7, 11) is 1.34. The zero-order valence-corrected chi connectivity index (χ0v) is 22.8. The van der Waals surface area contributed by atoms with Crippen molar-refractivity contribution in [3.8, 4) is 5.69 Å². The molecule has 0 atom stereocenters. The summed E-state index contributed by atoms with van der Waals surface area (Å²) in [5, 5.41) is 2.75. The number of halogens is 4. The van der Waals surface area contributed by atoms with Crippen molar-refractivity contribution in [2.75, 3.05) is 5.32 Å². The molecule has 2 aromatic carbocycles. The summed E-state index contributed by atoms with van der Waals surface area (Å²) in [4.78, 5) is 52.3. The van der Waals surface area contributed by atoms with Crippen LogP contribution in [0.3, 0.4) is 0 Å². The second-order valence-electron chi connectivity index (χ2n) is 9.33. The molecular formula is C26H21F3IN5O4. The fourth-order valence-electron chi connectivity index (χ4n) is 4.54. The Morgan fingerprint density at radius 2 is 1.79 bits per heavy atom.